The molecule has 0 spiro atoms. The Morgan fingerprint density at radius 3 is 3.18 bits per heavy atom. The van der Waals surface area contributed by atoms with Gasteiger partial charge in [0.15, 0.2) is 5.16 Å². The fourth-order valence-corrected chi connectivity index (χ4v) is 3.16. The van der Waals surface area contributed by atoms with E-state index in [4.69, 9.17) is 11.6 Å². The first-order chi connectivity index (χ1) is 8.33. The fourth-order valence-electron chi connectivity index (χ4n) is 1.39. The summed E-state index contributed by atoms with van der Waals surface area (Å²) in [7, 11) is 0. The number of hydrogen-bond donors (Lipinski definition) is 1. The Labute approximate surface area is 110 Å². The van der Waals surface area contributed by atoms with Crippen molar-refractivity contribution in [1.29, 1.82) is 0 Å². The Balaban J connectivity index is 1.85. The van der Waals surface area contributed by atoms with Gasteiger partial charge in [0.2, 0.25) is 0 Å². The van der Waals surface area contributed by atoms with Crippen molar-refractivity contribution >= 4 is 44.9 Å². The summed E-state index contributed by atoms with van der Waals surface area (Å²) >= 11 is 9.21. The van der Waals surface area contributed by atoms with Crippen molar-refractivity contribution in [2.24, 2.45) is 0 Å². The second kappa shape index (κ2) is 4.64. The number of thioether (sulfide) groups is 1. The minimum Gasteiger partial charge on any atom is -0.340 e. The van der Waals surface area contributed by atoms with Gasteiger partial charge in [0.1, 0.15) is 15.8 Å². The molecule has 0 radical (unpaired) electrons. The minimum absolute atomic E-state index is 0.520. The molecule has 1 N–H and O–H groups in total. The van der Waals surface area contributed by atoms with E-state index in [0.29, 0.717) is 10.9 Å². The van der Waals surface area contributed by atoms with Crippen molar-refractivity contribution in [1.82, 2.24) is 19.9 Å². The lowest BCUT2D eigenvalue weighted by molar-refractivity contribution is 1.03. The van der Waals surface area contributed by atoms with Crippen LogP contribution < -0.4 is 0 Å². The van der Waals surface area contributed by atoms with Crippen LogP contribution >= 0.6 is 34.7 Å². The first-order valence-corrected chi connectivity index (χ1v) is 7.09. The molecule has 86 valence electrons. The van der Waals surface area contributed by atoms with E-state index in [9.17, 15) is 0 Å². The maximum Gasteiger partial charge on any atom is 0.165 e. The SMILES string of the molecule is Clc1nc(CSc2ncc[nH]2)nc2sccc12. The average Bonchev–Trinajstić information content (AvgIpc) is 2.97. The van der Waals surface area contributed by atoms with Crippen LogP contribution in [0.2, 0.25) is 5.15 Å². The predicted molar refractivity (Wildman–Crippen MR) is 70.6 cm³/mol. The molecule has 0 fully saturated rings. The van der Waals surface area contributed by atoms with Gasteiger partial charge in [-0.1, -0.05) is 23.4 Å². The number of H-pyrrole nitrogens is 1. The standard InChI is InChI=1S/C10H7ClN4S2/c11-8-6-1-4-16-9(6)15-7(14-8)5-17-10-12-2-3-13-10/h1-4H,5H2,(H,12,13). The maximum atomic E-state index is 6.09. The third kappa shape index (κ3) is 2.29. The molecule has 3 rings (SSSR count). The van der Waals surface area contributed by atoms with E-state index in [1.165, 1.54) is 0 Å². The number of fused-ring (bicyclic) bond motifs is 1. The maximum absolute atomic E-state index is 6.09. The highest BCUT2D eigenvalue weighted by atomic mass is 35.5. The van der Waals surface area contributed by atoms with Crippen LogP contribution in [0.1, 0.15) is 5.82 Å². The van der Waals surface area contributed by atoms with Crippen molar-refractivity contribution in [2.75, 3.05) is 0 Å². The molecular weight excluding hydrogens is 276 g/mol. The van der Waals surface area contributed by atoms with Crippen LogP contribution in [0.5, 0.6) is 0 Å². The van der Waals surface area contributed by atoms with Gasteiger partial charge in [-0.15, -0.1) is 11.3 Å². The van der Waals surface area contributed by atoms with Gasteiger partial charge in [-0.05, 0) is 11.4 Å². The number of aromatic amines is 1. The van der Waals surface area contributed by atoms with Crippen molar-refractivity contribution < 1.29 is 0 Å². The highest BCUT2D eigenvalue weighted by Gasteiger charge is 2.07. The van der Waals surface area contributed by atoms with Crippen molar-refractivity contribution in [3.8, 4) is 0 Å². The zero-order valence-corrected chi connectivity index (χ0v) is 10.9. The van der Waals surface area contributed by atoms with Gasteiger partial charge in [0, 0.05) is 17.8 Å². The van der Waals surface area contributed by atoms with E-state index < -0.39 is 0 Å². The third-order valence-electron chi connectivity index (χ3n) is 2.14. The molecule has 3 heterocycles. The first kappa shape index (κ1) is 11.0. The minimum atomic E-state index is 0.520. The lowest BCUT2D eigenvalue weighted by Gasteiger charge is -2.00. The molecule has 7 heteroatoms. The van der Waals surface area contributed by atoms with Gasteiger partial charge in [0.25, 0.3) is 0 Å². The molecule has 4 nitrogen and oxygen atoms in total. The molecule has 0 saturated heterocycles. The van der Waals surface area contributed by atoms with Crippen LogP contribution in [-0.4, -0.2) is 19.9 Å². The normalized spacial score (nSPS) is 11.1. The van der Waals surface area contributed by atoms with Crippen LogP contribution in [0.25, 0.3) is 10.2 Å². The number of thiophene rings is 1. The molecule has 0 aromatic carbocycles. The van der Waals surface area contributed by atoms with Crippen molar-refractivity contribution in [3.05, 3.63) is 34.8 Å². The molecule has 0 aliphatic rings. The number of nitrogens with zero attached hydrogens (tertiary/aromatic N) is 3. The molecule has 0 aliphatic carbocycles. The Morgan fingerprint density at radius 1 is 1.41 bits per heavy atom. The van der Waals surface area contributed by atoms with Crippen LogP contribution in [0, 0.1) is 0 Å². The number of nitrogens with one attached hydrogen (secondary N) is 1. The number of hydrogen-bond acceptors (Lipinski definition) is 5. The first-order valence-electron chi connectivity index (χ1n) is 4.85. The Kier molecular flexibility index (Phi) is 3.00. The summed E-state index contributed by atoms with van der Waals surface area (Å²) in [6, 6.07) is 1.94. The van der Waals surface area contributed by atoms with Gasteiger partial charge in [-0.25, -0.2) is 15.0 Å². The summed E-state index contributed by atoms with van der Waals surface area (Å²) in [5, 5.41) is 4.26. The summed E-state index contributed by atoms with van der Waals surface area (Å²) in [6.45, 7) is 0. The summed E-state index contributed by atoms with van der Waals surface area (Å²) in [5.74, 6) is 1.38. The molecule has 3 aromatic rings. The van der Waals surface area contributed by atoms with Gasteiger partial charge in [-0.2, -0.15) is 0 Å². The number of rotatable bonds is 3. The second-order valence-corrected chi connectivity index (χ2v) is 5.47. The lowest BCUT2D eigenvalue weighted by Crippen LogP contribution is -1.93. The summed E-state index contributed by atoms with van der Waals surface area (Å²) in [5.41, 5.74) is 0. The Hall–Kier alpha value is -1.11. The topological polar surface area (TPSA) is 54.5 Å². The van der Waals surface area contributed by atoms with E-state index in [-0.39, 0.29) is 0 Å². The smallest absolute Gasteiger partial charge is 0.165 e. The van der Waals surface area contributed by atoms with Crippen molar-refractivity contribution in [2.45, 2.75) is 10.9 Å². The molecule has 17 heavy (non-hydrogen) atoms. The lowest BCUT2D eigenvalue weighted by atomic mass is 10.4. The van der Waals surface area contributed by atoms with Crippen LogP contribution in [-0.2, 0) is 5.75 Å². The number of imidazole rings is 1. The van der Waals surface area contributed by atoms with E-state index in [1.807, 2.05) is 11.4 Å². The van der Waals surface area contributed by atoms with Gasteiger partial charge in [0.05, 0.1) is 5.75 Å². The quantitative estimate of drug-likeness (QED) is 0.591. The zero-order valence-electron chi connectivity index (χ0n) is 8.55. The van der Waals surface area contributed by atoms with E-state index in [1.54, 1.807) is 35.5 Å². The van der Waals surface area contributed by atoms with E-state index in [0.717, 1.165) is 21.2 Å². The van der Waals surface area contributed by atoms with Crippen LogP contribution in [0.4, 0.5) is 0 Å². The number of halogens is 1. The fraction of sp³-hybridized carbons (Fsp3) is 0.100. The van der Waals surface area contributed by atoms with E-state index >= 15 is 0 Å². The Bertz CT molecular complexity index is 635. The Morgan fingerprint density at radius 2 is 2.35 bits per heavy atom. The molecular formula is C10H7ClN4S2. The number of aromatic nitrogens is 4. The molecule has 0 saturated carbocycles. The van der Waals surface area contributed by atoms with Crippen molar-refractivity contribution in [3.63, 3.8) is 0 Å². The molecule has 3 aromatic heterocycles. The molecule has 0 amide bonds. The van der Waals surface area contributed by atoms with Crippen LogP contribution in [0.3, 0.4) is 0 Å². The molecule has 0 aliphatic heterocycles. The summed E-state index contributed by atoms with van der Waals surface area (Å²) < 4.78 is 0. The third-order valence-corrected chi connectivity index (χ3v) is 4.13. The van der Waals surface area contributed by atoms with Gasteiger partial charge < -0.3 is 4.98 Å². The summed E-state index contributed by atoms with van der Waals surface area (Å²) in [4.78, 5) is 16.8. The largest absolute Gasteiger partial charge is 0.340 e. The van der Waals surface area contributed by atoms with Crippen LogP contribution in [0.15, 0.2) is 29.0 Å². The highest BCUT2D eigenvalue weighted by molar-refractivity contribution is 7.98. The van der Waals surface area contributed by atoms with Gasteiger partial charge >= 0.3 is 0 Å². The molecule has 0 unspecified atom stereocenters. The second-order valence-electron chi connectivity index (χ2n) is 3.25. The predicted octanol–water partition coefficient (Wildman–Crippen LogP) is 3.36. The zero-order chi connectivity index (χ0) is 11.7. The van der Waals surface area contributed by atoms with E-state index in [2.05, 4.69) is 19.9 Å². The monoisotopic (exact) mass is 282 g/mol. The van der Waals surface area contributed by atoms with Gasteiger partial charge in [-0.3, -0.25) is 0 Å². The average molecular weight is 283 g/mol. The molecule has 0 bridgehead atoms. The highest BCUT2D eigenvalue weighted by Crippen LogP contribution is 2.26. The molecule has 0 atom stereocenters. The summed E-state index contributed by atoms with van der Waals surface area (Å²) in [6.07, 6.45) is 3.51.